The zero-order valence-corrected chi connectivity index (χ0v) is 16.9. The van der Waals surface area contributed by atoms with E-state index in [9.17, 15) is 10.1 Å². The van der Waals surface area contributed by atoms with E-state index < -0.39 is 0 Å². The van der Waals surface area contributed by atoms with Gasteiger partial charge in [0.25, 0.3) is 0 Å². The van der Waals surface area contributed by atoms with E-state index in [-0.39, 0.29) is 5.91 Å². The van der Waals surface area contributed by atoms with Gasteiger partial charge in [-0.3, -0.25) is 4.79 Å². The second kappa shape index (κ2) is 8.58. The van der Waals surface area contributed by atoms with E-state index in [2.05, 4.69) is 24.9 Å². The van der Waals surface area contributed by atoms with Crippen LogP contribution in [0, 0.1) is 30.1 Å². The summed E-state index contributed by atoms with van der Waals surface area (Å²) in [6.07, 6.45) is 1.18. The van der Waals surface area contributed by atoms with E-state index in [0.717, 1.165) is 24.3 Å². The van der Waals surface area contributed by atoms with Crippen molar-refractivity contribution in [2.75, 3.05) is 18.8 Å². The number of nitriles is 1. The third-order valence-electron chi connectivity index (χ3n) is 4.88. The number of rotatable bonds is 4. The van der Waals surface area contributed by atoms with Crippen molar-refractivity contribution >= 4 is 17.7 Å². The molecular formula is C22H25N3OS. The number of likely N-dealkylation sites (tertiary alicyclic amines) is 1. The average molecular weight is 380 g/mol. The van der Waals surface area contributed by atoms with Crippen LogP contribution >= 0.6 is 11.8 Å². The molecule has 0 spiro atoms. The van der Waals surface area contributed by atoms with Crippen LogP contribution in [0.5, 0.6) is 0 Å². The third kappa shape index (κ3) is 4.90. The van der Waals surface area contributed by atoms with Crippen LogP contribution in [0.15, 0.2) is 41.4 Å². The smallest absolute Gasteiger partial charge is 0.233 e. The minimum Gasteiger partial charge on any atom is -0.341 e. The molecule has 1 aromatic heterocycles. The maximum Gasteiger partial charge on any atom is 0.233 e. The molecule has 1 fully saturated rings. The molecule has 27 heavy (non-hydrogen) atoms. The first-order valence-corrected chi connectivity index (χ1v) is 10.3. The van der Waals surface area contributed by atoms with Crippen molar-refractivity contribution in [3.05, 3.63) is 47.5 Å². The molecule has 2 aromatic rings. The van der Waals surface area contributed by atoms with Gasteiger partial charge in [0.1, 0.15) is 11.1 Å². The quantitative estimate of drug-likeness (QED) is 0.733. The third-order valence-corrected chi connectivity index (χ3v) is 5.86. The number of benzene rings is 1. The molecule has 0 N–H and O–H groups in total. The highest BCUT2D eigenvalue weighted by atomic mass is 32.2. The van der Waals surface area contributed by atoms with Crippen molar-refractivity contribution in [1.29, 1.82) is 5.26 Å². The van der Waals surface area contributed by atoms with Gasteiger partial charge in [-0.2, -0.15) is 5.26 Å². The molecule has 0 aliphatic carbocycles. The van der Waals surface area contributed by atoms with Crippen LogP contribution in [0.1, 0.15) is 31.4 Å². The van der Waals surface area contributed by atoms with Crippen molar-refractivity contribution in [3.63, 3.8) is 0 Å². The number of piperidine rings is 1. The van der Waals surface area contributed by atoms with E-state index in [1.807, 2.05) is 42.2 Å². The molecular weight excluding hydrogens is 354 g/mol. The van der Waals surface area contributed by atoms with E-state index in [0.29, 0.717) is 28.2 Å². The number of hydrogen-bond donors (Lipinski definition) is 0. The molecule has 4 nitrogen and oxygen atoms in total. The van der Waals surface area contributed by atoms with Gasteiger partial charge in [-0.05, 0) is 37.3 Å². The van der Waals surface area contributed by atoms with Gasteiger partial charge >= 0.3 is 0 Å². The maximum atomic E-state index is 12.6. The number of carbonyl (C=O) groups is 1. The number of pyridine rings is 1. The van der Waals surface area contributed by atoms with Gasteiger partial charge in [-0.1, -0.05) is 55.4 Å². The average Bonchev–Trinajstić information content (AvgIpc) is 2.65. The minimum absolute atomic E-state index is 0.129. The van der Waals surface area contributed by atoms with Crippen LogP contribution in [-0.2, 0) is 4.79 Å². The Bertz CT molecular complexity index is 847. The molecule has 1 aliphatic heterocycles. The summed E-state index contributed by atoms with van der Waals surface area (Å²) in [7, 11) is 0. The highest BCUT2D eigenvalue weighted by Crippen LogP contribution is 2.27. The molecule has 140 valence electrons. The molecule has 0 saturated carbocycles. The summed E-state index contributed by atoms with van der Waals surface area (Å²) in [5.41, 5.74) is 3.54. The summed E-state index contributed by atoms with van der Waals surface area (Å²) >= 11 is 1.36. The Morgan fingerprint density at radius 2 is 1.85 bits per heavy atom. The Morgan fingerprint density at radius 3 is 2.48 bits per heavy atom. The molecule has 1 saturated heterocycles. The van der Waals surface area contributed by atoms with E-state index in [1.54, 1.807) is 6.07 Å². The van der Waals surface area contributed by atoms with Gasteiger partial charge in [0.15, 0.2) is 0 Å². The van der Waals surface area contributed by atoms with Crippen LogP contribution in [-0.4, -0.2) is 34.6 Å². The number of thioether (sulfide) groups is 1. The number of hydrogen-bond acceptors (Lipinski definition) is 4. The molecule has 1 aromatic carbocycles. The predicted octanol–water partition coefficient (Wildman–Crippen LogP) is 4.53. The molecule has 1 amide bonds. The highest BCUT2D eigenvalue weighted by Gasteiger charge is 2.25. The Kier molecular flexibility index (Phi) is 6.18. The summed E-state index contributed by atoms with van der Waals surface area (Å²) in [6.45, 7) is 8.09. The Hall–Kier alpha value is -2.32. The predicted molar refractivity (Wildman–Crippen MR) is 109 cm³/mol. The molecule has 0 bridgehead atoms. The van der Waals surface area contributed by atoms with Crippen LogP contribution < -0.4 is 0 Å². The topological polar surface area (TPSA) is 57.0 Å². The maximum absolute atomic E-state index is 12.6. The summed E-state index contributed by atoms with van der Waals surface area (Å²) in [6, 6.07) is 14.0. The van der Waals surface area contributed by atoms with Crippen molar-refractivity contribution < 1.29 is 4.79 Å². The SMILES string of the molecule is Cc1ccc(-c2ccc(C#N)c(SCC(=O)N3C[C@H](C)C[C@@H](C)C3)n2)cc1. The largest absolute Gasteiger partial charge is 0.341 e. The highest BCUT2D eigenvalue weighted by molar-refractivity contribution is 8.00. The first-order chi connectivity index (χ1) is 13.0. The number of nitrogens with zero attached hydrogens (tertiary/aromatic N) is 3. The standard InChI is InChI=1S/C22H25N3OS/c1-15-4-6-18(7-5-15)20-9-8-19(11-23)22(24-20)27-14-21(26)25-12-16(2)10-17(3)13-25/h4-9,16-17H,10,12-14H2,1-3H3/t16-,17-/m1/s1. The lowest BCUT2D eigenvalue weighted by Crippen LogP contribution is -2.43. The number of aryl methyl sites for hydroxylation is 1. The lowest BCUT2D eigenvalue weighted by molar-refractivity contribution is -0.130. The fourth-order valence-electron chi connectivity index (χ4n) is 3.61. The van der Waals surface area contributed by atoms with Crippen molar-refractivity contribution in [2.45, 2.75) is 32.2 Å². The molecule has 2 heterocycles. The number of carbonyl (C=O) groups excluding carboxylic acids is 1. The van der Waals surface area contributed by atoms with Crippen LogP contribution in [0.2, 0.25) is 0 Å². The normalized spacial score (nSPS) is 19.6. The van der Waals surface area contributed by atoms with E-state index in [4.69, 9.17) is 0 Å². The van der Waals surface area contributed by atoms with Gasteiger partial charge < -0.3 is 4.90 Å². The van der Waals surface area contributed by atoms with E-state index >= 15 is 0 Å². The summed E-state index contributed by atoms with van der Waals surface area (Å²) in [4.78, 5) is 19.3. The molecule has 1 aliphatic rings. The Morgan fingerprint density at radius 1 is 1.19 bits per heavy atom. The lowest BCUT2D eigenvalue weighted by Gasteiger charge is -2.35. The molecule has 2 atom stereocenters. The second-order valence-electron chi connectivity index (χ2n) is 7.56. The minimum atomic E-state index is 0.129. The summed E-state index contributed by atoms with van der Waals surface area (Å²) in [5.74, 6) is 1.53. The first-order valence-electron chi connectivity index (χ1n) is 9.35. The Balaban J connectivity index is 1.73. The van der Waals surface area contributed by atoms with Crippen LogP contribution in [0.3, 0.4) is 0 Å². The molecule has 0 radical (unpaired) electrons. The fourth-order valence-corrected chi connectivity index (χ4v) is 4.48. The molecule has 5 heteroatoms. The van der Waals surface area contributed by atoms with Gasteiger partial charge in [-0.15, -0.1) is 0 Å². The molecule has 3 rings (SSSR count). The van der Waals surface area contributed by atoms with Crippen molar-refractivity contribution in [1.82, 2.24) is 9.88 Å². The van der Waals surface area contributed by atoms with Gasteiger partial charge in [0.05, 0.1) is 17.0 Å². The van der Waals surface area contributed by atoms with E-state index in [1.165, 1.54) is 23.7 Å². The van der Waals surface area contributed by atoms with Gasteiger partial charge in [0, 0.05) is 18.7 Å². The van der Waals surface area contributed by atoms with Gasteiger partial charge in [-0.25, -0.2) is 4.98 Å². The second-order valence-corrected chi connectivity index (χ2v) is 8.52. The number of aromatic nitrogens is 1. The first kappa shape index (κ1) is 19.4. The number of amides is 1. The zero-order chi connectivity index (χ0) is 19.4. The summed E-state index contributed by atoms with van der Waals surface area (Å²) in [5, 5.41) is 10.0. The van der Waals surface area contributed by atoms with Crippen molar-refractivity contribution in [3.8, 4) is 17.3 Å². The lowest BCUT2D eigenvalue weighted by atomic mass is 9.92. The fraction of sp³-hybridized carbons (Fsp3) is 0.409. The molecule has 0 unspecified atom stereocenters. The summed E-state index contributed by atoms with van der Waals surface area (Å²) < 4.78 is 0. The Labute approximate surface area is 165 Å². The van der Waals surface area contributed by atoms with Crippen LogP contribution in [0.4, 0.5) is 0 Å². The zero-order valence-electron chi connectivity index (χ0n) is 16.1. The monoisotopic (exact) mass is 379 g/mol. The van der Waals surface area contributed by atoms with Gasteiger partial charge in [0.2, 0.25) is 5.91 Å². The van der Waals surface area contributed by atoms with Crippen molar-refractivity contribution in [2.24, 2.45) is 11.8 Å². The van der Waals surface area contributed by atoms with Crippen LogP contribution in [0.25, 0.3) is 11.3 Å².